The maximum Gasteiger partial charge on any atom is 0.228 e. The maximum absolute atomic E-state index is 12.9. The smallest absolute Gasteiger partial charge is 0.228 e. The zero-order valence-corrected chi connectivity index (χ0v) is 19.2. The zero-order chi connectivity index (χ0) is 22.4. The molecular weight excluding hydrogens is 384 g/mol. The largest absolute Gasteiger partial charge is 0.339 e. The zero-order valence-electron chi connectivity index (χ0n) is 19.2. The Balaban J connectivity index is 1.53. The molecule has 0 aromatic heterocycles. The SMILES string of the molecule is CC(C)(C)N1CC(C(=O)N2CCN(C(=O)C3CC(=O)N(C(C)(C)C)C3)CC2)CC1=O. The first kappa shape index (κ1) is 22.6. The van der Waals surface area contributed by atoms with E-state index >= 15 is 0 Å². The molecule has 0 N–H and O–H groups in total. The first-order valence-corrected chi connectivity index (χ1v) is 11.0. The van der Waals surface area contributed by atoms with E-state index in [9.17, 15) is 19.2 Å². The molecule has 2 unspecified atom stereocenters. The minimum Gasteiger partial charge on any atom is -0.339 e. The van der Waals surface area contributed by atoms with Crippen LogP contribution in [0.1, 0.15) is 54.4 Å². The second kappa shape index (κ2) is 7.85. The van der Waals surface area contributed by atoms with E-state index in [-0.39, 0.29) is 59.4 Å². The molecule has 3 saturated heterocycles. The van der Waals surface area contributed by atoms with Gasteiger partial charge in [-0.05, 0) is 41.5 Å². The number of carbonyl (C=O) groups excluding carboxylic acids is 4. The number of carbonyl (C=O) groups is 4. The molecule has 2 atom stereocenters. The van der Waals surface area contributed by atoms with Crippen molar-refractivity contribution in [1.82, 2.24) is 19.6 Å². The van der Waals surface area contributed by atoms with Gasteiger partial charge in [0.1, 0.15) is 0 Å². The minimum absolute atomic E-state index is 0.0113. The van der Waals surface area contributed by atoms with E-state index in [0.717, 1.165) is 0 Å². The van der Waals surface area contributed by atoms with E-state index in [1.54, 1.807) is 19.6 Å². The molecule has 3 fully saturated rings. The number of rotatable bonds is 2. The highest BCUT2D eigenvalue weighted by Crippen LogP contribution is 2.29. The van der Waals surface area contributed by atoms with Crippen molar-refractivity contribution in [3.63, 3.8) is 0 Å². The summed E-state index contributed by atoms with van der Waals surface area (Å²) in [6.07, 6.45) is 0.532. The molecule has 0 aromatic carbocycles. The molecule has 3 aliphatic rings. The van der Waals surface area contributed by atoms with Crippen LogP contribution in [0.25, 0.3) is 0 Å². The van der Waals surface area contributed by atoms with Crippen molar-refractivity contribution in [3.05, 3.63) is 0 Å². The van der Waals surface area contributed by atoms with Gasteiger partial charge in [0, 0.05) is 63.2 Å². The molecule has 0 aliphatic carbocycles. The lowest BCUT2D eigenvalue weighted by Crippen LogP contribution is -2.53. The summed E-state index contributed by atoms with van der Waals surface area (Å²) in [7, 11) is 0. The van der Waals surface area contributed by atoms with E-state index in [1.165, 1.54) is 0 Å². The van der Waals surface area contributed by atoms with Crippen molar-refractivity contribution < 1.29 is 19.2 Å². The normalized spacial score (nSPS) is 26.1. The lowest BCUT2D eigenvalue weighted by Gasteiger charge is -2.37. The van der Waals surface area contributed by atoms with Crippen molar-refractivity contribution in [2.45, 2.75) is 65.5 Å². The van der Waals surface area contributed by atoms with Crippen molar-refractivity contribution in [1.29, 1.82) is 0 Å². The van der Waals surface area contributed by atoms with E-state index < -0.39 is 0 Å². The monoisotopic (exact) mass is 420 g/mol. The molecule has 3 aliphatic heterocycles. The van der Waals surface area contributed by atoms with E-state index in [4.69, 9.17) is 0 Å². The summed E-state index contributed by atoms with van der Waals surface area (Å²) in [6, 6.07) is 0. The Morgan fingerprint density at radius 2 is 0.967 bits per heavy atom. The van der Waals surface area contributed by atoms with Crippen LogP contribution >= 0.6 is 0 Å². The Hall–Kier alpha value is -2.12. The van der Waals surface area contributed by atoms with Gasteiger partial charge in [-0.1, -0.05) is 0 Å². The summed E-state index contributed by atoms with van der Waals surface area (Å²) in [5.74, 6) is -0.513. The van der Waals surface area contributed by atoms with Crippen LogP contribution in [0.15, 0.2) is 0 Å². The molecule has 4 amide bonds. The number of amides is 4. The van der Waals surface area contributed by atoms with Crippen molar-refractivity contribution >= 4 is 23.6 Å². The summed E-state index contributed by atoms with van der Waals surface area (Å²) in [4.78, 5) is 57.6. The molecule has 0 saturated carbocycles. The third-order valence-electron chi connectivity index (χ3n) is 6.47. The van der Waals surface area contributed by atoms with Crippen LogP contribution in [0.3, 0.4) is 0 Å². The number of piperazine rings is 1. The van der Waals surface area contributed by atoms with Gasteiger partial charge >= 0.3 is 0 Å². The highest BCUT2D eigenvalue weighted by Gasteiger charge is 2.43. The van der Waals surface area contributed by atoms with Crippen LogP contribution in [-0.2, 0) is 19.2 Å². The quantitative estimate of drug-likeness (QED) is 0.666. The fraction of sp³-hybridized carbons (Fsp3) is 0.818. The number of likely N-dealkylation sites (tertiary alicyclic amines) is 2. The molecule has 0 aromatic rings. The van der Waals surface area contributed by atoms with Crippen LogP contribution in [0.5, 0.6) is 0 Å². The fourth-order valence-corrected chi connectivity index (χ4v) is 4.71. The van der Waals surface area contributed by atoms with Crippen molar-refractivity contribution in [3.8, 4) is 0 Å². The van der Waals surface area contributed by atoms with Gasteiger partial charge in [0.15, 0.2) is 0 Å². The Morgan fingerprint density at radius 1 is 0.667 bits per heavy atom. The summed E-state index contributed by atoms with van der Waals surface area (Å²) in [5.41, 5.74) is -0.562. The molecule has 0 radical (unpaired) electrons. The second-order valence-corrected chi connectivity index (χ2v) is 10.8. The third-order valence-corrected chi connectivity index (χ3v) is 6.47. The van der Waals surface area contributed by atoms with Crippen LogP contribution in [-0.4, -0.2) is 93.6 Å². The van der Waals surface area contributed by atoms with E-state index in [2.05, 4.69) is 0 Å². The molecule has 3 rings (SSSR count). The number of nitrogens with zero attached hydrogens (tertiary/aromatic N) is 4. The van der Waals surface area contributed by atoms with Crippen LogP contribution in [0.2, 0.25) is 0 Å². The molecule has 3 heterocycles. The van der Waals surface area contributed by atoms with Gasteiger partial charge < -0.3 is 19.6 Å². The summed E-state index contributed by atoms with van der Waals surface area (Å²) in [6.45, 7) is 14.8. The predicted octanol–water partition coefficient (Wildman–Crippen LogP) is 0.951. The highest BCUT2D eigenvalue weighted by molar-refractivity contribution is 5.91. The second-order valence-electron chi connectivity index (χ2n) is 10.8. The molecule has 168 valence electrons. The number of hydrogen-bond donors (Lipinski definition) is 0. The first-order valence-electron chi connectivity index (χ1n) is 11.0. The van der Waals surface area contributed by atoms with Gasteiger partial charge in [0.05, 0.1) is 11.8 Å². The number of hydrogen-bond acceptors (Lipinski definition) is 4. The highest BCUT2D eigenvalue weighted by atomic mass is 16.2. The summed E-state index contributed by atoms with van der Waals surface area (Å²) in [5, 5.41) is 0. The van der Waals surface area contributed by atoms with Crippen LogP contribution in [0, 0.1) is 11.8 Å². The third kappa shape index (κ3) is 4.47. The molecule has 8 nitrogen and oxygen atoms in total. The Morgan fingerprint density at radius 3 is 1.20 bits per heavy atom. The fourth-order valence-electron chi connectivity index (χ4n) is 4.71. The Kier molecular flexibility index (Phi) is 5.91. The van der Waals surface area contributed by atoms with Gasteiger partial charge in [-0.25, -0.2) is 0 Å². The maximum atomic E-state index is 12.9. The molecule has 30 heavy (non-hydrogen) atoms. The first-order chi connectivity index (χ1) is 13.8. The molecular formula is C22H36N4O4. The Labute approximate surface area is 179 Å². The molecule has 0 bridgehead atoms. The predicted molar refractivity (Wildman–Crippen MR) is 112 cm³/mol. The van der Waals surface area contributed by atoms with E-state index in [0.29, 0.717) is 39.3 Å². The van der Waals surface area contributed by atoms with Gasteiger partial charge in [-0.2, -0.15) is 0 Å². The standard InChI is InChI=1S/C22H36N4O4/c1-21(2,3)25-13-15(11-17(25)27)19(29)23-7-9-24(10-8-23)20(30)16-12-18(28)26(14-16)22(4,5)6/h15-16H,7-14H2,1-6H3. The lowest BCUT2D eigenvalue weighted by molar-refractivity contribution is -0.143. The lowest BCUT2D eigenvalue weighted by atomic mass is 10.0. The van der Waals surface area contributed by atoms with Crippen LogP contribution in [0.4, 0.5) is 0 Å². The molecule has 0 spiro atoms. The molecule has 8 heteroatoms. The van der Waals surface area contributed by atoms with Gasteiger partial charge in [-0.15, -0.1) is 0 Å². The average molecular weight is 421 g/mol. The minimum atomic E-state index is -0.299. The van der Waals surface area contributed by atoms with Crippen molar-refractivity contribution in [2.24, 2.45) is 11.8 Å². The topological polar surface area (TPSA) is 81.2 Å². The Bertz CT molecular complexity index is 666. The summed E-state index contributed by atoms with van der Waals surface area (Å²) < 4.78 is 0. The van der Waals surface area contributed by atoms with Crippen LogP contribution < -0.4 is 0 Å². The van der Waals surface area contributed by atoms with Gasteiger partial charge in [0.25, 0.3) is 0 Å². The van der Waals surface area contributed by atoms with Crippen molar-refractivity contribution in [2.75, 3.05) is 39.3 Å². The van der Waals surface area contributed by atoms with E-state index in [1.807, 2.05) is 41.5 Å². The average Bonchev–Trinajstić information content (AvgIpc) is 3.23. The van der Waals surface area contributed by atoms with Gasteiger partial charge in [0.2, 0.25) is 23.6 Å². The van der Waals surface area contributed by atoms with Gasteiger partial charge in [-0.3, -0.25) is 19.2 Å². The summed E-state index contributed by atoms with van der Waals surface area (Å²) >= 11 is 0.